The third kappa shape index (κ3) is 3.65. The van der Waals surface area contributed by atoms with Crippen molar-refractivity contribution in [2.45, 2.75) is 32.7 Å². The van der Waals surface area contributed by atoms with Crippen LogP contribution in [0.5, 0.6) is 0 Å². The molecule has 1 atom stereocenters. The Morgan fingerprint density at radius 2 is 1.84 bits per heavy atom. The second-order valence-electron chi connectivity index (χ2n) is 4.69. The van der Waals surface area contributed by atoms with E-state index in [1.54, 1.807) is 0 Å². The van der Waals surface area contributed by atoms with Crippen LogP contribution in [-0.4, -0.2) is 11.5 Å². The van der Waals surface area contributed by atoms with Gasteiger partial charge in [-0.25, -0.2) is 0 Å². The average molecular weight is 254 g/mol. The van der Waals surface area contributed by atoms with Crippen LogP contribution in [-0.2, 0) is 12.8 Å². The van der Waals surface area contributed by atoms with E-state index >= 15 is 0 Å². The van der Waals surface area contributed by atoms with E-state index in [0.717, 1.165) is 25.1 Å². The third-order valence-electron chi connectivity index (χ3n) is 3.40. The highest BCUT2D eigenvalue weighted by atomic mass is 14.9. The van der Waals surface area contributed by atoms with Gasteiger partial charge in [0.05, 0.1) is 0 Å². The van der Waals surface area contributed by atoms with Gasteiger partial charge in [0, 0.05) is 24.4 Å². The van der Waals surface area contributed by atoms with Crippen molar-refractivity contribution in [2.75, 3.05) is 6.54 Å². The molecule has 2 rings (SSSR count). The highest BCUT2D eigenvalue weighted by Crippen LogP contribution is 2.21. The van der Waals surface area contributed by atoms with E-state index in [-0.39, 0.29) is 0 Å². The van der Waals surface area contributed by atoms with Crippen LogP contribution in [0.3, 0.4) is 0 Å². The molecule has 0 aliphatic carbocycles. The minimum Gasteiger partial charge on any atom is -0.310 e. The zero-order valence-corrected chi connectivity index (χ0v) is 11.8. The molecule has 19 heavy (non-hydrogen) atoms. The fraction of sp³-hybridized carbons (Fsp3) is 0.353. The van der Waals surface area contributed by atoms with E-state index in [1.165, 1.54) is 11.1 Å². The molecule has 1 aromatic carbocycles. The Balaban J connectivity index is 2.24. The SMILES string of the molecule is CCNC(Cc1ccccn1)c1ccccc1CC. The number of hydrogen-bond acceptors (Lipinski definition) is 2. The standard InChI is InChI=1S/C17H22N2/c1-3-14-9-5-6-11-16(14)17(18-4-2)13-15-10-7-8-12-19-15/h5-12,17-18H,3-4,13H2,1-2H3. The molecule has 1 N–H and O–H groups in total. The van der Waals surface area contributed by atoms with Crippen molar-refractivity contribution in [3.8, 4) is 0 Å². The van der Waals surface area contributed by atoms with Crippen LogP contribution >= 0.6 is 0 Å². The van der Waals surface area contributed by atoms with Gasteiger partial charge >= 0.3 is 0 Å². The van der Waals surface area contributed by atoms with Crippen molar-refractivity contribution < 1.29 is 0 Å². The number of benzene rings is 1. The molecule has 2 heteroatoms. The fourth-order valence-electron chi connectivity index (χ4n) is 2.46. The summed E-state index contributed by atoms with van der Waals surface area (Å²) in [5.41, 5.74) is 3.96. The van der Waals surface area contributed by atoms with Crippen molar-refractivity contribution in [3.05, 3.63) is 65.5 Å². The van der Waals surface area contributed by atoms with E-state index in [0.29, 0.717) is 6.04 Å². The highest BCUT2D eigenvalue weighted by molar-refractivity contribution is 5.31. The first-order chi connectivity index (χ1) is 9.35. The van der Waals surface area contributed by atoms with Crippen LogP contribution in [0.2, 0.25) is 0 Å². The number of nitrogens with zero attached hydrogens (tertiary/aromatic N) is 1. The molecule has 0 saturated carbocycles. The lowest BCUT2D eigenvalue weighted by Gasteiger charge is -2.21. The number of nitrogens with one attached hydrogen (secondary N) is 1. The highest BCUT2D eigenvalue weighted by Gasteiger charge is 2.14. The summed E-state index contributed by atoms with van der Waals surface area (Å²) in [6, 6.07) is 15.1. The Morgan fingerprint density at radius 3 is 2.53 bits per heavy atom. The third-order valence-corrected chi connectivity index (χ3v) is 3.40. The molecule has 100 valence electrons. The quantitative estimate of drug-likeness (QED) is 0.853. The van der Waals surface area contributed by atoms with Gasteiger partial charge in [-0.3, -0.25) is 4.98 Å². The molecule has 1 unspecified atom stereocenters. The maximum Gasteiger partial charge on any atom is 0.0422 e. The van der Waals surface area contributed by atoms with E-state index in [1.807, 2.05) is 12.3 Å². The minimum absolute atomic E-state index is 0.344. The zero-order chi connectivity index (χ0) is 13.5. The van der Waals surface area contributed by atoms with E-state index in [9.17, 15) is 0 Å². The van der Waals surface area contributed by atoms with Crippen LogP contribution < -0.4 is 5.32 Å². The Morgan fingerprint density at radius 1 is 1.05 bits per heavy atom. The maximum absolute atomic E-state index is 4.44. The van der Waals surface area contributed by atoms with Gasteiger partial charge in [-0.2, -0.15) is 0 Å². The van der Waals surface area contributed by atoms with Gasteiger partial charge in [-0.1, -0.05) is 44.2 Å². The number of hydrogen-bond donors (Lipinski definition) is 1. The van der Waals surface area contributed by atoms with Gasteiger partial charge in [-0.05, 0) is 36.2 Å². The van der Waals surface area contributed by atoms with Crippen molar-refractivity contribution in [2.24, 2.45) is 0 Å². The summed E-state index contributed by atoms with van der Waals surface area (Å²) in [7, 11) is 0. The molecule has 0 aliphatic heterocycles. The normalized spacial score (nSPS) is 12.3. The Kier molecular flexibility index (Phi) is 5.10. The first-order valence-electron chi connectivity index (χ1n) is 7.06. The molecule has 0 bridgehead atoms. The molecule has 2 aromatic rings. The summed E-state index contributed by atoms with van der Waals surface area (Å²) in [5.74, 6) is 0. The first-order valence-corrected chi connectivity index (χ1v) is 7.06. The Bertz CT molecular complexity index is 494. The molecule has 1 heterocycles. The van der Waals surface area contributed by atoms with Crippen LogP contribution in [0.1, 0.15) is 36.7 Å². The molecule has 0 amide bonds. The van der Waals surface area contributed by atoms with Gasteiger partial charge in [0.1, 0.15) is 0 Å². The Labute approximate surface area is 115 Å². The molecule has 0 aliphatic rings. The van der Waals surface area contributed by atoms with E-state index < -0.39 is 0 Å². The van der Waals surface area contributed by atoms with E-state index in [4.69, 9.17) is 0 Å². The topological polar surface area (TPSA) is 24.9 Å². The van der Waals surface area contributed by atoms with Gasteiger partial charge in [0.2, 0.25) is 0 Å². The molecule has 0 spiro atoms. The summed E-state index contributed by atoms with van der Waals surface area (Å²) < 4.78 is 0. The monoisotopic (exact) mass is 254 g/mol. The summed E-state index contributed by atoms with van der Waals surface area (Å²) in [4.78, 5) is 4.44. The molecular formula is C17H22N2. The summed E-state index contributed by atoms with van der Waals surface area (Å²) in [5, 5.41) is 3.58. The number of aryl methyl sites for hydroxylation is 1. The molecule has 0 fully saturated rings. The van der Waals surface area contributed by atoms with Crippen LogP contribution in [0.15, 0.2) is 48.7 Å². The van der Waals surface area contributed by atoms with Gasteiger partial charge in [-0.15, -0.1) is 0 Å². The van der Waals surface area contributed by atoms with Crippen molar-refractivity contribution in [3.63, 3.8) is 0 Å². The lowest BCUT2D eigenvalue weighted by Crippen LogP contribution is -2.24. The predicted octanol–water partition coefficient (Wildman–Crippen LogP) is 3.54. The van der Waals surface area contributed by atoms with Crippen LogP contribution in [0.4, 0.5) is 0 Å². The number of likely N-dealkylation sites (N-methyl/N-ethyl adjacent to an activating group) is 1. The molecule has 0 saturated heterocycles. The van der Waals surface area contributed by atoms with Crippen molar-refractivity contribution in [1.29, 1.82) is 0 Å². The average Bonchev–Trinajstić information content (AvgIpc) is 2.48. The van der Waals surface area contributed by atoms with E-state index in [2.05, 4.69) is 60.5 Å². The molecule has 2 nitrogen and oxygen atoms in total. The maximum atomic E-state index is 4.44. The second-order valence-corrected chi connectivity index (χ2v) is 4.69. The number of pyridine rings is 1. The van der Waals surface area contributed by atoms with Gasteiger partial charge in [0.15, 0.2) is 0 Å². The Hall–Kier alpha value is -1.67. The minimum atomic E-state index is 0.344. The number of aromatic nitrogens is 1. The molecular weight excluding hydrogens is 232 g/mol. The van der Waals surface area contributed by atoms with Gasteiger partial charge in [0.25, 0.3) is 0 Å². The first kappa shape index (κ1) is 13.8. The fourth-order valence-corrected chi connectivity index (χ4v) is 2.46. The summed E-state index contributed by atoms with van der Waals surface area (Å²) in [6.07, 6.45) is 3.87. The predicted molar refractivity (Wildman–Crippen MR) is 80.2 cm³/mol. The lowest BCUT2D eigenvalue weighted by molar-refractivity contribution is 0.540. The summed E-state index contributed by atoms with van der Waals surface area (Å²) >= 11 is 0. The molecule has 1 aromatic heterocycles. The summed E-state index contributed by atoms with van der Waals surface area (Å²) in [6.45, 7) is 5.33. The van der Waals surface area contributed by atoms with Crippen LogP contribution in [0.25, 0.3) is 0 Å². The van der Waals surface area contributed by atoms with Crippen LogP contribution in [0, 0.1) is 0 Å². The lowest BCUT2D eigenvalue weighted by atomic mass is 9.95. The second kappa shape index (κ2) is 7.05. The largest absolute Gasteiger partial charge is 0.310 e. The number of rotatable bonds is 6. The van der Waals surface area contributed by atoms with Crippen molar-refractivity contribution >= 4 is 0 Å². The molecule has 0 radical (unpaired) electrons. The van der Waals surface area contributed by atoms with Crippen molar-refractivity contribution in [1.82, 2.24) is 10.3 Å². The smallest absolute Gasteiger partial charge is 0.0422 e. The van der Waals surface area contributed by atoms with Gasteiger partial charge < -0.3 is 5.32 Å². The zero-order valence-electron chi connectivity index (χ0n) is 11.8.